The highest BCUT2D eigenvalue weighted by Gasteiger charge is 2.55. The van der Waals surface area contributed by atoms with E-state index in [1.165, 1.54) is 38.8 Å². The molecule has 4 heterocycles. The third-order valence-electron chi connectivity index (χ3n) is 8.80. The number of fused-ring (bicyclic) bond motifs is 2. The molecule has 0 aromatic carbocycles. The van der Waals surface area contributed by atoms with Gasteiger partial charge in [-0.05, 0) is 56.4 Å². The van der Waals surface area contributed by atoms with Gasteiger partial charge in [-0.2, -0.15) is 10.2 Å². The Balaban J connectivity index is 1.25. The minimum Gasteiger partial charge on any atom is -0.327 e. The van der Waals surface area contributed by atoms with Crippen LogP contribution in [0.5, 0.6) is 0 Å². The topological polar surface area (TPSA) is 109 Å². The first-order valence-corrected chi connectivity index (χ1v) is 14.0. The highest BCUT2D eigenvalue weighted by molar-refractivity contribution is 6.08. The number of hydrogen-bond acceptors (Lipinski definition) is 5. The second-order valence-electron chi connectivity index (χ2n) is 11.6. The fraction of sp³-hybridized carbons (Fsp3) is 0.593. The van der Waals surface area contributed by atoms with Gasteiger partial charge in [-0.1, -0.05) is 13.8 Å². The molecule has 220 valence electrons. The van der Waals surface area contributed by atoms with Crippen molar-refractivity contribution in [1.82, 2.24) is 29.7 Å². The van der Waals surface area contributed by atoms with Crippen LogP contribution in [-0.2, 0) is 0 Å². The van der Waals surface area contributed by atoms with Crippen LogP contribution >= 0.6 is 0 Å². The highest BCUT2D eigenvalue weighted by Crippen LogP contribution is 2.41. The van der Waals surface area contributed by atoms with Gasteiger partial charge in [-0.15, -0.1) is 0 Å². The average Bonchev–Trinajstić information content (AvgIpc) is 3.63. The molecule has 1 saturated heterocycles. The monoisotopic (exact) mass is 576 g/mol. The molecule has 2 aliphatic carbocycles. The maximum atomic E-state index is 14.5. The molecular formula is C27H32F4N8O2. The summed E-state index contributed by atoms with van der Waals surface area (Å²) < 4.78 is 59.6. The van der Waals surface area contributed by atoms with E-state index >= 15 is 0 Å². The molecule has 3 aromatic heterocycles. The molecule has 3 fully saturated rings. The lowest BCUT2D eigenvalue weighted by molar-refractivity contribution is -0.0595. The van der Waals surface area contributed by atoms with Gasteiger partial charge in [0.15, 0.2) is 11.3 Å². The molecule has 3 aliphatic rings. The molecule has 2 saturated carbocycles. The summed E-state index contributed by atoms with van der Waals surface area (Å²) in [7, 11) is 0. The summed E-state index contributed by atoms with van der Waals surface area (Å²) in [6.07, 6.45) is 5.17. The SMILES string of the molecule is CC(C)C1CCC(n2cc(NC(=O)c3cnn4ccc(N5C(=O)N[C@@H]6[C@H]5CCCC6(F)F)nc34)c(C(F)F)n2)CC1. The Hall–Kier alpha value is -3.71. The average molecular weight is 577 g/mol. The van der Waals surface area contributed by atoms with E-state index in [-0.39, 0.29) is 41.6 Å². The van der Waals surface area contributed by atoms with Crippen LogP contribution in [-0.4, -0.2) is 54.3 Å². The number of alkyl halides is 4. The van der Waals surface area contributed by atoms with Crippen molar-refractivity contribution in [2.75, 3.05) is 10.2 Å². The van der Waals surface area contributed by atoms with Crippen molar-refractivity contribution >= 4 is 29.1 Å². The zero-order chi connectivity index (χ0) is 29.1. The van der Waals surface area contributed by atoms with Crippen LogP contribution in [0.3, 0.4) is 0 Å². The zero-order valence-electron chi connectivity index (χ0n) is 22.7. The summed E-state index contributed by atoms with van der Waals surface area (Å²) in [6, 6.07) is -1.39. The summed E-state index contributed by atoms with van der Waals surface area (Å²) >= 11 is 0. The first-order valence-electron chi connectivity index (χ1n) is 14.0. The predicted molar refractivity (Wildman–Crippen MR) is 141 cm³/mol. The quantitative estimate of drug-likeness (QED) is 0.372. The third-order valence-corrected chi connectivity index (χ3v) is 8.80. The molecule has 1 aliphatic heterocycles. The Morgan fingerprint density at radius 1 is 1.17 bits per heavy atom. The van der Waals surface area contributed by atoms with Crippen LogP contribution in [0, 0.1) is 11.8 Å². The van der Waals surface area contributed by atoms with Gasteiger partial charge in [-0.25, -0.2) is 31.9 Å². The number of urea groups is 1. The number of nitrogens with zero attached hydrogens (tertiary/aromatic N) is 6. The van der Waals surface area contributed by atoms with E-state index in [2.05, 4.69) is 39.7 Å². The van der Waals surface area contributed by atoms with Gasteiger partial charge in [0.1, 0.15) is 17.4 Å². The lowest BCUT2D eigenvalue weighted by atomic mass is 9.80. The number of amides is 3. The van der Waals surface area contributed by atoms with Crippen molar-refractivity contribution in [2.45, 2.75) is 89.3 Å². The maximum absolute atomic E-state index is 14.5. The number of aromatic nitrogens is 5. The van der Waals surface area contributed by atoms with Crippen molar-refractivity contribution in [3.05, 3.63) is 35.9 Å². The number of nitrogens with one attached hydrogen (secondary N) is 2. The minimum atomic E-state index is -3.04. The molecule has 41 heavy (non-hydrogen) atoms. The van der Waals surface area contributed by atoms with Crippen LogP contribution in [0.25, 0.3) is 5.65 Å². The maximum Gasteiger partial charge on any atom is 0.323 e. The summed E-state index contributed by atoms with van der Waals surface area (Å²) in [5, 5.41) is 13.2. The Morgan fingerprint density at radius 2 is 1.93 bits per heavy atom. The first kappa shape index (κ1) is 27.5. The number of anilines is 2. The second-order valence-corrected chi connectivity index (χ2v) is 11.6. The highest BCUT2D eigenvalue weighted by atomic mass is 19.3. The smallest absolute Gasteiger partial charge is 0.323 e. The van der Waals surface area contributed by atoms with E-state index in [4.69, 9.17) is 0 Å². The molecule has 0 unspecified atom stereocenters. The lowest BCUT2D eigenvalue weighted by Crippen LogP contribution is -2.51. The van der Waals surface area contributed by atoms with Crippen molar-refractivity contribution < 1.29 is 27.2 Å². The first-order chi connectivity index (χ1) is 19.5. The van der Waals surface area contributed by atoms with Crippen LogP contribution in [0.4, 0.5) is 33.9 Å². The van der Waals surface area contributed by atoms with Crippen molar-refractivity contribution in [3.8, 4) is 0 Å². The van der Waals surface area contributed by atoms with Crippen molar-refractivity contribution in [1.29, 1.82) is 0 Å². The molecule has 10 nitrogen and oxygen atoms in total. The van der Waals surface area contributed by atoms with Crippen molar-refractivity contribution in [3.63, 3.8) is 0 Å². The van der Waals surface area contributed by atoms with E-state index < -0.39 is 42.1 Å². The Morgan fingerprint density at radius 3 is 2.63 bits per heavy atom. The van der Waals surface area contributed by atoms with Gasteiger partial charge < -0.3 is 10.6 Å². The fourth-order valence-corrected chi connectivity index (χ4v) is 6.48. The van der Waals surface area contributed by atoms with Gasteiger partial charge in [0, 0.05) is 18.8 Å². The Labute approximate surface area is 233 Å². The minimum absolute atomic E-state index is 0.0256. The van der Waals surface area contributed by atoms with E-state index in [0.717, 1.165) is 25.7 Å². The van der Waals surface area contributed by atoms with Crippen LogP contribution < -0.4 is 15.5 Å². The summed E-state index contributed by atoms with van der Waals surface area (Å²) in [5.41, 5.74) is -0.593. The number of hydrogen-bond donors (Lipinski definition) is 2. The molecule has 0 spiro atoms. The Bertz CT molecular complexity index is 1460. The molecule has 6 rings (SSSR count). The van der Waals surface area contributed by atoms with Crippen LogP contribution in [0.15, 0.2) is 24.7 Å². The van der Waals surface area contributed by atoms with Crippen molar-refractivity contribution in [2.24, 2.45) is 11.8 Å². The van der Waals surface area contributed by atoms with E-state index in [1.807, 2.05) is 0 Å². The van der Waals surface area contributed by atoms with Gasteiger partial charge in [0.05, 0.1) is 24.0 Å². The Kier molecular flexibility index (Phi) is 6.89. The number of carbonyl (C=O) groups is 2. The third kappa shape index (κ3) is 4.90. The summed E-state index contributed by atoms with van der Waals surface area (Å²) in [5.74, 6) is -2.53. The van der Waals surface area contributed by atoms with Gasteiger partial charge in [0.2, 0.25) is 0 Å². The molecular weight excluding hydrogens is 544 g/mol. The molecule has 0 radical (unpaired) electrons. The number of halogens is 4. The molecule has 2 N–H and O–H groups in total. The van der Waals surface area contributed by atoms with Crippen LogP contribution in [0.1, 0.15) is 87.3 Å². The molecule has 3 amide bonds. The van der Waals surface area contributed by atoms with Crippen LogP contribution in [0.2, 0.25) is 0 Å². The summed E-state index contributed by atoms with van der Waals surface area (Å²) in [6.45, 7) is 4.37. The number of rotatable bonds is 6. The standard InChI is InChI=1S/C27H32F4N8O2/c1-14(2)15-5-7-16(8-6-15)38-13-18(21(36-38)23(28)29)33-25(40)17-12-32-37-11-9-20(34-24(17)37)39-19-4-3-10-27(30,31)22(19)35-26(39)41/h9,11-16,19,22-23H,3-8,10H2,1-2H3,(H,33,40)(H,35,41)/t15?,16?,19-,22-/m1/s1. The van der Waals surface area contributed by atoms with Gasteiger partial charge in [0.25, 0.3) is 18.3 Å². The zero-order valence-corrected chi connectivity index (χ0v) is 22.7. The fourth-order valence-electron chi connectivity index (χ4n) is 6.48. The largest absolute Gasteiger partial charge is 0.327 e. The predicted octanol–water partition coefficient (Wildman–Crippen LogP) is 5.59. The lowest BCUT2D eigenvalue weighted by Gasteiger charge is -2.34. The molecule has 14 heteroatoms. The summed E-state index contributed by atoms with van der Waals surface area (Å²) in [4.78, 5) is 31.6. The molecule has 0 bridgehead atoms. The molecule has 3 aromatic rings. The van der Waals surface area contributed by atoms with Gasteiger partial charge in [-0.3, -0.25) is 14.4 Å². The number of carbonyl (C=O) groups excluding carboxylic acids is 2. The molecule has 2 atom stereocenters. The second kappa shape index (κ2) is 10.3. The van der Waals surface area contributed by atoms with E-state index in [9.17, 15) is 27.2 Å². The normalized spacial score (nSPS) is 26.0. The van der Waals surface area contributed by atoms with E-state index in [0.29, 0.717) is 18.3 Å². The van der Waals surface area contributed by atoms with Gasteiger partial charge >= 0.3 is 6.03 Å². The van der Waals surface area contributed by atoms with E-state index in [1.54, 1.807) is 0 Å².